The molecule has 148 valence electrons. The fraction of sp³-hybridized carbons (Fsp3) is 0.136. The molecule has 0 aliphatic rings. The van der Waals surface area contributed by atoms with Crippen LogP contribution >= 0.6 is 11.6 Å². The summed E-state index contributed by atoms with van der Waals surface area (Å²) in [5, 5.41) is 3.02. The van der Waals surface area contributed by atoms with Crippen LogP contribution in [0.5, 0.6) is 5.75 Å². The third-order valence-corrected chi connectivity index (χ3v) is 4.17. The minimum absolute atomic E-state index is 0.292. The Labute approximate surface area is 173 Å². The SMILES string of the molecule is C[C@@H](OC(=O)c1cccc(OCc2ccccc2)c1)C(=O)Nc1ccc(Cl)cn1. The molecular weight excluding hydrogens is 392 g/mol. The Bertz CT molecular complexity index is 978. The molecule has 2 aromatic carbocycles. The van der Waals surface area contributed by atoms with Gasteiger partial charge in [-0.2, -0.15) is 0 Å². The van der Waals surface area contributed by atoms with E-state index in [2.05, 4.69) is 10.3 Å². The molecule has 0 aliphatic heterocycles. The zero-order chi connectivity index (χ0) is 20.6. The molecule has 0 aliphatic carbocycles. The fourth-order valence-corrected chi connectivity index (χ4v) is 2.53. The molecule has 0 unspecified atom stereocenters. The molecule has 7 heteroatoms. The number of hydrogen-bond acceptors (Lipinski definition) is 5. The van der Waals surface area contributed by atoms with Gasteiger partial charge in [0.05, 0.1) is 10.6 Å². The molecule has 0 saturated carbocycles. The van der Waals surface area contributed by atoms with Crippen LogP contribution in [0.4, 0.5) is 5.82 Å². The first kappa shape index (κ1) is 20.4. The van der Waals surface area contributed by atoms with Crippen molar-refractivity contribution in [3.8, 4) is 5.75 Å². The summed E-state index contributed by atoms with van der Waals surface area (Å²) in [5.41, 5.74) is 1.31. The molecule has 1 aromatic heterocycles. The molecule has 1 amide bonds. The van der Waals surface area contributed by atoms with E-state index in [0.717, 1.165) is 5.56 Å². The van der Waals surface area contributed by atoms with Crippen molar-refractivity contribution in [3.05, 3.63) is 89.1 Å². The van der Waals surface area contributed by atoms with Crippen molar-refractivity contribution in [1.82, 2.24) is 4.98 Å². The van der Waals surface area contributed by atoms with Crippen molar-refractivity contribution in [1.29, 1.82) is 0 Å². The van der Waals surface area contributed by atoms with Crippen LogP contribution in [-0.2, 0) is 16.1 Å². The van der Waals surface area contributed by atoms with Gasteiger partial charge in [0.15, 0.2) is 6.10 Å². The predicted octanol–water partition coefficient (Wildman–Crippen LogP) is 4.50. The third-order valence-electron chi connectivity index (χ3n) is 3.95. The molecule has 3 rings (SSSR count). The molecule has 6 nitrogen and oxygen atoms in total. The summed E-state index contributed by atoms with van der Waals surface area (Å²) < 4.78 is 11.0. The number of nitrogens with zero attached hydrogens (tertiary/aromatic N) is 1. The van der Waals surface area contributed by atoms with Crippen LogP contribution in [0.25, 0.3) is 0 Å². The first-order valence-electron chi connectivity index (χ1n) is 8.91. The fourth-order valence-electron chi connectivity index (χ4n) is 2.41. The van der Waals surface area contributed by atoms with Gasteiger partial charge in [0.2, 0.25) is 0 Å². The van der Waals surface area contributed by atoms with Gasteiger partial charge in [-0.3, -0.25) is 4.79 Å². The summed E-state index contributed by atoms with van der Waals surface area (Å²) in [7, 11) is 0. The number of rotatable bonds is 7. The van der Waals surface area contributed by atoms with E-state index in [1.54, 1.807) is 36.4 Å². The molecule has 29 heavy (non-hydrogen) atoms. The highest BCUT2D eigenvalue weighted by atomic mass is 35.5. The molecule has 0 fully saturated rings. The number of pyridine rings is 1. The van der Waals surface area contributed by atoms with E-state index in [1.807, 2.05) is 30.3 Å². The molecule has 0 radical (unpaired) electrons. The van der Waals surface area contributed by atoms with Gasteiger partial charge in [-0.1, -0.05) is 48.0 Å². The van der Waals surface area contributed by atoms with Crippen LogP contribution in [0.1, 0.15) is 22.8 Å². The number of nitrogens with one attached hydrogen (secondary N) is 1. The Kier molecular flexibility index (Phi) is 6.81. The Morgan fingerprint density at radius 3 is 2.59 bits per heavy atom. The number of carbonyl (C=O) groups is 2. The van der Waals surface area contributed by atoms with E-state index >= 15 is 0 Å². The number of halogens is 1. The van der Waals surface area contributed by atoms with Crippen molar-refractivity contribution >= 4 is 29.3 Å². The summed E-state index contributed by atoms with van der Waals surface area (Å²) in [6.07, 6.45) is 0.406. The largest absolute Gasteiger partial charge is 0.489 e. The molecule has 0 saturated heterocycles. The van der Waals surface area contributed by atoms with E-state index in [0.29, 0.717) is 28.8 Å². The minimum Gasteiger partial charge on any atom is -0.489 e. The van der Waals surface area contributed by atoms with Gasteiger partial charge < -0.3 is 14.8 Å². The van der Waals surface area contributed by atoms with Crippen molar-refractivity contribution in [2.75, 3.05) is 5.32 Å². The number of aromatic nitrogens is 1. The second kappa shape index (κ2) is 9.71. The first-order chi connectivity index (χ1) is 14.0. The molecule has 1 atom stereocenters. The number of benzene rings is 2. The lowest BCUT2D eigenvalue weighted by Gasteiger charge is -2.14. The maximum atomic E-state index is 12.4. The van der Waals surface area contributed by atoms with Crippen molar-refractivity contribution in [3.63, 3.8) is 0 Å². The zero-order valence-corrected chi connectivity index (χ0v) is 16.4. The maximum absolute atomic E-state index is 12.4. The number of carbonyl (C=O) groups excluding carboxylic acids is 2. The Balaban J connectivity index is 1.56. The van der Waals surface area contributed by atoms with Crippen LogP contribution in [0, 0.1) is 0 Å². The van der Waals surface area contributed by atoms with Gasteiger partial charge in [-0.05, 0) is 42.8 Å². The van der Waals surface area contributed by atoms with E-state index in [9.17, 15) is 9.59 Å². The van der Waals surface area contributed by atoms with Crippen LogP contribution in [-0.4, -0.2) is 23.0 Å². The van der Waals surface area contributed by atoms with Gasteiger partial charge in [-0.25, -0.2) is 9.78 Å². The highest BCUT2D eigenvalue weighted by Crippen LogP contribution is 2.17. The number of hydrogen-bond donors (Lipinski definition) is 1. The van der Waals surface area contributed by atoms with Crippen LogP contribution in [0.3, 0.4) is 0 Å². The monoisotopic (exact) mass is 410 g/mol. The standard InChI is InChI=1S/C22H19ClN2O4/c1-15(21(26)25-20-11-10-18(23)13-24-20)29-22(27)17-8-5-9-19(12-17)28-14-16-6-3-2-4-7-16/h2-13,15H,14H2,1H3,(H,24,25,26)/t15-/m1/s1. The lowest BCUT2D eigenvalue weighted by molar-refractivity contribution is -0.123. The van der Waals surface area contributed by atoms with Gasteiger partial charge >= 0.3 is 5.97 Å². The second-order valence-electron chi connectivity index (χ2n) is 6.20. The molecule has 1 N–H and O–H groups in total. The van der Waals surface area contributed by atoms with Crippen LogP contribution in [0.2, 0.25) is 5.02 Å². The van der Waals surface area contributed by atoms with E-state index in [4.69, 9.17) is 21.1 Å². The third kappa shape index (κ3) is 6.05. The first-order valence-corrected chi connectivity index (χ1v) is 9.29. The van der Waals surface area contributed by atoms with Gasteiger partial charge in [0.1, 0.15) is 18.2 Å². The number of ether oxygens (including phenoxy) is 2. The number of anilines is 1. The topological polar surface area (TPSA) is 77.5 Å². The summed E-state index contributed by atoms with van der Waals surface area (Å²) in [6, 6.07) is 19.5. The van der Waals surface area contributed by atoms with Gasteiger partial charge in [0.25, 0.3) is 5.91 Å². The number of esters is 1. The lowest BCUT2D eigenvalue weighted by atomic mass is 10.2. The molecule has 0 spiro atoms. The molecule has 0 bridgehead atoms. The number of amides is 1. The van der Waals surface area contributed by atoms with Crippen LogP contribution in [0.15, 0.2) is 72.9 Å². The van der Waals surface area contributed by atoms with E-state index < -0.39 is 18.0 Å². The second-order valence-corrected chi connectivity index (χ2v) is 6.64. The summed E-state index contributed by atoms with van der Waals surface area (Å²) in [5.74, 6) is -0.268. The summed E-state index contributed by atoms with van der Waals surface area (Å²) >= 11 is 5.76. The smallest absolute Gasteiger partial charge is 0.339 e. The van der Waals surface area contributed by atoms with Crippen molar-refractivity contribution in [2.45, 2.75) is 19.6 Å². The Morgan fingerprint density at radius 2 is 1.86 bits per heavy atom. The average molecular weight is 411 g/mol. The van der Waals surface area contributed by atoms with E-state index in [1.165, 1.54) is 13.1 Å². The lowest BCUT2D eigenvalue weighted by Crippen LogP contribution is -2.30. The van der Waals surface area contributed by atoms with E-state index in [-0.39, 0.29) is 0 Å². The zero-order valence-electron chi connectivity index (χ0n) is 15.7. The van der Waals surface area contributed by atoms with Gasteiger partial charge in [-0.15, -0.1) is 0 Å². The summed E-state index contributed by atoms with van der Waals surface area (Å²) in [6.45, 7) is 1.87. The molecule has 1 heterocycles. The van der Waals surface area contributed by atoms with Crippen LogP contribution < -0.4 is 10.1 Å². The Morgan fingerprint density at radius 1 is 1.07 bits per heavy atom. The molecular formula is C22H19ClN2O4. The Hall–Kier alpha value is -3.38. The highest BCUT2D eigenvalue weighted by Gasteiger charge is 2.19. The van der Waals surface area contributed by atoms with Crippen molar-refractivity contribution in [2.24, 2.45) is 0 Å². The quantitative estimate of drug-likeness (QED) is 0.580. The van der Waals surface area contributed by atoms with Gasteiger partial charge in [0, 0.05) is 6.20 Å². The summed E-state index contributed by atoms with van der Waals surface area (Å²) in [4.78, 5) is 28.6. The minimum atomic E-state index is -1.01. The maximum Gasteiger partial charge on any atom is 0.339 e. The van der Waals surface area contributed by atoms with Crippen molar-refractivity contribution < 1.29 is 19.1 Å². The highest BCUT2D eigenvalue weighted by molar-refractivity contribution is 6.30. The molecule has 3 aromatic rings. The predicted molar refractivity (Wildman–Crippen MR) is 110 cm³/mol. The normalized spacial score (nSPS) is 11.4. The average Bonchev–Trinajstić information content (AvgIpc) is 2.74.